The van der Waals surface area contributed by atoms with Gasteiger partial charge in [0.1, 0.15) is 11.4 Å². The monoisotopic (exact) mass is 360 g/mol. The van der Waals surface area contributed by atoms with E-state index in [4.69, 9.17) is 9.47 Å². The van der Waals surface area contributed by atoms with Gasteiger partial charge in [0.2, 0.25) is 15.9 Å². The van der Waals surface area contributed by atoms with E-state index in [9.17, 15) is 13.2 Å². The van der Waals surface area contributed by atoms with Crippen LogP contribution in [-0.2, 0) is 30.8 Å². The van der Waals surface area contributed by atoms with Crippen LogP contribution in [0.4, 0.5) is 0 Å². The molecule has 2 heterocycles. The van der Waals surface area contributed by atoms with Crippen molar-refractivity contribution in [1.82, 2.24) is 19.4 Å². The number of aromatic nitrogens is 2. The molecule has 0 unspecified atom stereocenters. The van der Waals surface area contributed by atoms with Gasteiger partial charge in [-0.1, -0.05) is 0 Å². The lowest BCUT2D eigenvalue weighted by Crippen LogP contribution is -2.41. The fourth-order valence-corrected chi connectivity index (χ4v) is 4.39. The topological polar surface area (TPSA) is 103 Å². The average Bonchev–Trinajstić information content (AvgIpc) is 2.83. The number of nitrogens with zero attached hydrogens (tertiary/aromatic N) is 3. The van der Waals surface area contributed by atoms with Gasteiger partial charge in [0, 0.05) is 26.7 Å². The van der Waals surface area contributed by atoms with E-state index in [0.29, 0.717) is 50.8 Å². The first-order chi connectivity index (χ1) is 11.4. The first-order valence-corrected chi connectivity index (χ1v) is 9.19. The van der Waals surface area contributed by atoms with Crippen LogP contribution in [0.25, 0.3) is 0 Å². The molecular formula is C14H24N4O5S. The summed E-state index contributed by atoms with van der Waals surface area (Å²) in [6.07, 6.45) is 0. The fraction of sp³-hybridized carbons (Fsp3) is 0.714. The molecule has 24 heavy (non-hydrogen) atoms. The summed E-state index contributed by atoms with van der Waals surface area (Å²) in [6, 6.07) is 0. The maximum absolute atomic E-state index is 12.8. The highest BCUT2D eigenvalue weighted by atomic mass is 32.2. The molecule has 0 radical (unpaired) electrons. The summed E-state index contributed by atoms with van der Waals surface area (Å²) in [5.74, 6) is -0.243. The SMILES string of the molecule is COCCNC(=O)Cn1nc(C)c(S(=O)(=O)N2CCOCC2)c1C. The summed E-state index contributed by atoms with van der Waals surface area (Å²) >= 11 is 0. The van der Waals surface area contributed by atoms with Crippen molar-refractivity contribution in [3.05, 3.63) is 11.4 Å². The summed E-state index contributed by atoms with van der Waals surface area (Å²) in [7, 11) is -2.09. The normalized spacial score (nSPS) is 16.3. The second-order valence-corrected chi connectivity index (χ2v) is 7.39. The van der Waals surface area contributed by atoms with E-state index in [1.807, 2.05) is 0 Å². The van der Waals surface area contributed by atoms with Gasteiger partial charge in [0.25, 0.3) is 0 Å². The van der Waals surface area contributed by atoms with Crippen LogP contribution in [0.5, 0.6) is 0 Å². The molecule has 1 aromatic rings. The average molecular weight is 360 g/mol. The van der Waals surface area contributed by atoms with E-state index in [1.165, 1.54) is 8.99 Å². The van der Waals surface area contributed by atoms with E-state index in [-0.39, 0.29) is 17.3 Å². The first-order valence-electron chi connectivity index (χ1n) is 7.75. The number of methoxy groups -OCH3 is 1. The fourth-order valence-electron chi connectivity index (χ4n) is 2.61. The minimum atomic E-state index is -3.64. The molecule has 1 amide bonds. The Bertz CT molecular complexity index is 680. The number of amides is 1. The third-order valence-corrected chi connectivity index (χ3v) is 5.96. The molecule has 0 aromatic carbocycles. The highest BCUT2D eigenvalue weighted by Gasteiger charge is 2.32. The van der Waals surface area contributed by atoms with E-state index in [1.54, 1.807) is 21.0 Å². The Morgan fingerprint density at radius 2 is 2.00 bits per heavy atom. The summed E-state index contributed by atoms with van der Waals surface area (Å²) < 4.78 is 38.6. The lowest BCUT2D eigenvalue weighted by molar-refractivity contribution is -0.122. The molecule has 1 fully saturated rings. The van der Waals surface area contributed by atoms with Crippen molar-refractivity contribution < 1.29 is 22.7 Å². The smallest absolute Gasteiger partial charge is 0.246 e. The molecule has 1 aliphatic heterocycles. The minimum absolute atomic E-state index is 0.0327. The Morgan fingerprint density at radius 3 is 2.62 bits per heavy atom. The molecule has 0 spiro atoms. The number of nitrogens with one attached hydrogen (secondary N) is 1. The number of sulfonamides is 1. The van der Waals surface area contributed by atoms with Gasteiger partial charge in [0.05, 0.1) is 31.2 Å². The molecule has 1 aliphatic rings. The third kappa shape index (κ3) is 4.12. The van der Waals surface area contributed by atoms with Crippen molar-refractivity contribution in [3.63, 3.8) is 0 Å². The third-order valence-electron chi connectivity index (χ3n) is 3.80. The van der Waals surface area contributed by atoms with Crippen LogP contribution < -0.4 is 5.32 Å². The lowest BCUT2D eigenvalue weighted by atomic mass is 10.4. The van der Waals surface area contributed by atoms with Gasteiger partial charge < -0.3 is 14.8 Å². The van der Waals surface area contributed by atoms with Gasteiger partial charge in [-0.05, 0) is 13.8 Å². The predicted molar refractivity (Wildman–Crippen MR) is 86.2 cm³/mol. The summed E-state index contributed by atoms with van der Waals surface area (Å²) in [6.45, 7) is 5.49. The van der Waals surface area contributed by atoms with Crippen molar-refractivity contribution in [2.24, 2.45) is 0 Å². The van der Waals surface area contributed by atoms with E-state index in [0.717, 1.165) is 0 Å². The summed E-state index contributed by atoms with van der Waals surface area (Å²) in [5.41, 5.74) is 0.851. The van der Waals surface area contributed by atoms with Crippen LogP contribution in [0.2, 0.25) is 0 Å². The highest BCUT2D eigenvalue weighted by molar-refractivity contribution is 7.89. The Morgan fingerprint density at radius 1 is 1.33 bits per heavy atom. The summed E-state index contributed by atoms with van der Waals surface area (Å²) in [5, 5.41) is 6.92. The Kier molecular flexibility index (Phi) is 6.33. The molecule has 9 nitrogen and oxygen atoms in total. The predicted octanol–water partition coefficient (Wildman–Crippen LogP) is -0.717. The molecule has 10 heteroatoms. The number of morpholine rings is 1. The first kappa shape index (κ1) is 18.8. The number of hydrogen-bond acceptors (Lipinski definition) is 6. The van der Waals surface area contributed by atoms with Crippen LogP contribution in [0.15, 0.2) is 4.90 Å². The van der Waals surface area contributed by atoms with Gasteiger partial charge in [-0.2, -0.15) is 9.40 Å². The molecular weight excluding hydrogens is 336 g/mol. The zero-order valence-corrected chi connectivity index (χ0v) is 15.1. The summed E-state index contributed by atoms with van der Waals surface area (Å²) in [4.78, 5) is 12.1. The number of hydrogen-bond donors (Lipinski definition) is 1. The number of aryl methyl sites for hydroxylation is 1. The molecule has 0 saturated carbocycles. The van der Waals surface area contributed by atoms with Crippen molar-refractivity contribution in [2.75, 3.05) is 46.6 Å². The van der Waals surface area contributed by atoms with Gasteiger partial charge in [0.15, 0.2) is 0 Å². The number of rotatable bonds is 7. The largest absolute Gasteiger partial charge is 0.383 e. The lowest BCUT2D eigenvalue weighted by Gasteiger charge is -2.26. The molecule has 0 bridgehead atoms. The Labute approximate surface area is 142 Å². The van der Waals surface area contributed by atoms with E-state index < -0.39 is 10.0 Å². The molecule has 0 aliphatic carbocycles. The number of ether oxygens (including phenoxy) is 2. The standard InChI is InChI=1S/C14H24N4O5S/c1-11-14(24(20,21)17-5-8-23-9-6-17)12(2)18(16-11)10-13(19)15-4-7-22-3/h4-10H2,1-3H3,(H,15,19). The van der Waals surface area contributed by atoms with Gasteiger partial charge in [-0.15, -0.1) is 0 Å². The van der Waals surface area contributed by atoms with Crippen molar-refractivity contribution >= 4 is 15.9 Å². The minimum Gasteiger partial charge on any atom is -0.383 e. The van der Waals surface area contributed by atoms with Crippen LogP contribution in [0, 0.1) is 13.8 Å². The molecule has 136 valence electrons. The Hall–Kier alpha value is -1.49. The van der Waals surface area contributed by atoms with E-state index >= 15 is 0 Å². The molecule has 1 aromatic heterocycles. The molecule has 0 atom stereocenters. The van der Waals surface area contributed by atoms with Crippen molar-refractivity contribution in [1.29, 1.82) is 0 Å². The van der Waals surface area contributed by atoms with Gasteiger partial charge in [-0.25, -0.2) is 8.42 Å². The van der Waals surface area contributed by atoms with Crippen LogP contribution in [0.3, 0.4) is 0 Å². The quantitative estimate of drug-likeness (QED) is 0.644. The van der Waals surface area contributed by atoms with Crippen LogP contribution in [0.1, 0.15) is 11.4 Å². The van der Waals surface area contributed by atoms with E-state index in [2.05, 4.69) is 10.4 Å². The van der Waals surface area contributed by atoms with Crippen molar-refractivity contribution in [3.8, 4) is 0 Å². The van der Waals surface area contributed by atoms with Crippen LogP contribution >= 0.6 is 0 Å². The molecule has 1 N–H and O–H groups in total. The zero-order valence-electron chi connectivity index (χ0n) is 14.2. The molecule has 1 saturated heterocycles. The van der Waals surface area contributed by atoms with Crippen LogP contribution in [-0.4, -0.2) is 75.0 Å². The maximum atomic E-state index is 12.8. The van der Waals surface area contributed by atoms with Gasteiger partial charge in [-0.3, -0.25) is 9.48 Å². The maximum Gasteiger partial charge on any atom is 0.246 e. The highest BCUT2D eigenvalue weighted by Crippen LogP contribution is 2.24. The number of carbonyl (C=O) groups excluding carboxylic acids is 1. The van der Waals surface area contributed by atoms with Crippen molar-refractivity contribution in [2.45, 2.75) is 25.3 Å². The Balaban J connectivity index is 2.17. The second kappa shape index (κ2) is 8.06. The second-order valence-electron chi connectivity index (χ2n) is 5.52. The van der Waals surface area contributed by atoms with Gasteiger partial charge >= 0.3 is 0 Å². The molecule has 2 rings (SSSR count). The number of carbonyl (C=O) groups is 1. The zero-order chi connectivity index (χ0) is 17.7.